The van der Waals surface area contributed by atoms with Crippen molar-refractivity contribution < 1.29 is 19.4 Å². The fourth-order valence-corrected chi connectivity index (χ4v) is 1.95. The fourth-order valence-electron chi connectivity index (χ4n) is 1.95. The Morgan fingerprint density at radius 2 is 1.59 bits per heavy atom. The number of rotatable bonds is 7. The van der Waals surface area contributed by atoms with E-state index in [1.165, 1.54) is 0 Å². The van der Waals surface area contributed by atoms with Gasteiger partial charge in [0.05, 0.1) is 7.11 Å². The topological polar surface area (TPSA) is 81.8 Å². The van der Waals surface area contributed by atoms with Crippen molar-refractivity contribution in [2.24, 2.45) is 5.73 Å². The molecule has 2 aromatic carbocycles. The lowest BCUT2D eigenvalue weighted by Gasteiger charge is -2.09. The molecule has 0 aliphatic rings. The molecule has 5 heteroatoms. The molecule has 0 heterocycles. The van der Waals surface area contributed by atoms with Gasteiger partial charge >= 0.3 is 5.97 Å². The summed E-state index contributed by atoms with van der Waals surface area (Å²) in [6.07, 6.45) is 0.300. The minimum atomic E-state index is -1.00. The van der Waals surface area contributed by atoms with Crippen molar-refractivity contribution in [3.8, 4) is 11.5 Å². The van der Waals surface area contributed by atoms with E-state index in [0.717, 1.165) is 22.6 Å². The fraction of sp³-hybridized carbons (Fsp3) is 0.235. The molecule has 0 saturated carbocycles. The standard InChI is InChI=1S/C17H19NO4/c1-21-14-6-4-13(5-7-14)11-22-15-8-2-12(3-9-15)10-16(18)17(19)20/h2-9,16H,10-11,18H2,1H3,(H,19,20)/t16-/m0/s1. The second-order valence-electron chi connectivity index (χ2n) is 4.93. The first-order valence-electron chi connectivity index (χ1n) is 6.91. The van der Waals surface area contributed by atoms with E-state index in [2.05, 4.69) is 0 Å². The Bertz CT molecular complexity index is 608. The minimum absolute atomic E-state index is 0.300. The zero-order valence-electron chi connectivity index (χ0n) is 12.4. The predicted octanol–water partition coefficient (Wildman–Crippen LogP) is 2.23. The highest BCUT2D eigenvalue weighted by Crippen LogP contribution is 2.16. The van der Waals surface area contributed by atoms with Gasteiger partial charge in [0.1, 0.15) is 24.1 Å². The summed E-state index contributed by atoms with van der Waals surface area (Å²) in [5, 5.41) is 8.79. The van der Waals surface area contributed by atoms with E-state index in [1.54, 1.807) is 7.11 Å². The third-order valence-electron chi connectivity index (χ3n) is 3.26. The number of hydrogen-bond donors (Lipinski definition) is 2. The van der Waals surface area contributed by atoms with E-state index in [9.17, 15) is 4.79 Å². The summed E-state index contributed by atoms with van der Waals surface area (Å²) in [7, 11) is 1.63. The Morgan fingerprint density at radius 3 is 2.14 bits per heavy atom. The first kappa shape index (κ1) is 15.9. The van der Waals surface area contributed by atoms with Crippen LogP contribution in [0.25, 0.3) is 0 Å². The molecule has 22 heavy (non-hydrogen) atoms. The number of nitrogens with two attached hydrogens (primary N) is 1. The van der Waals surface area contributed by atoms with Gasteiger partial charge in [0, 0.05) is 0 Å². The molecule has 2 aromatic rings. The molecule has 116 valence electrons. The van der Waals surface area contributed by atoms with Gasteiger partial charge in [0.2, 0.25) is 0 Å². The molecule has 0 aliphatic heterocycles. The Hall–Kier alpha value is -2.53. The van der Waals surface area contributed by atoms with Crippen molar-refractivity contribution >= 4 is 5.97 Å². The number of carbonyl (C=O) groups is 1. The SMILES string of the molecule is COc1ccc(COc2ccc(C[C@H](N)C(=O)O)cc2)cc1. The van der Waals surface area contributed by atoms with Crippen LogP contribution in [-0.4, -0.2) is 24.2 Å². The van der Waals surface area contributed by atoms with Crippen molar-refractivity contribution in [2.45, 2.75) is 19.1 Å². The van der Waals surface area contributed by atoms with E-state index in [0.29, 0.717) is 13.0 Å². The van der Waals surface area contributed by atoms with Crippen LogP contribution in [0.3, 0.4) is 0 Å². The van der Waals surface area contributed by atoms with Gasteiger partial charge in [-0.05, 0) is 41.8 Å². The first-order chi connectivity index (χ1) is 10.6. The van der Waals surface area contributed by atoms with Gasteiger partial charge in [-0.3, -0.25) is 4.79 Å². The highest BCUT2D eigenvalue weighted by molar-refractivity contribution is 5.73. The first-order valence-corrected chi connectivity index (χ1v) is 6.91. The van der Waals surface area contributed by atoms with Gasteiger partial charge in [0.25, 0.3) is 0 Å². The molecule has 0 unspecified atom stereocenters. The average molecular weight is 301 g/mol. The second kappa shape index (κ2) is 7.47. The molecule has 0 saturated heterocycles. The lowest BCUT2D eigenvalue weighted by molar-refractivity contribution is -0.138. The second-order valence-corrected chi connectivity index (χ2v) is 4.93. The zero-order valence-corrected chi connectivity index (χ0v) is 12.4. The van der Waals surface area contributed by atoms with E-state index >= 15 is 0 Å². The molecule has 5 nitrogen and oxygen atoms in total. The maximum atomic E-state index is 10.7. The van der Waals surface area contributed by atoms with Crippen molar-refractivity contribution in [1.29, 1.82) is 0 Å². The third kappa shape index (κ3) is 4.49. The highest BCUT2D eigenvalue weighted by atomic mass is 16.5. The molecule has 3 N–H and O–H groups in total. The predicted molar refractivity (Wildman–Crippen MR) is 83.1 cm³/mol. The van der Waals surface area contributed by atoms with Gasteiger partial charge in [-0.1, -0.05) is 24.3 Å². The molecule has 2 rings (SSSR count). The average Bonchev–Trinajstić information content (AvgIpc) is 2.54. The molecule has 0 radical (unpaired) electrons. The van der Waals surface area contributed by atoms with E-state index in [4.69, 9.17) is 20.3 Å². The summed E-state index contributed by atoms with van der Waals surface area (Å²) in [5.41, 5.74) is 7.41. The smallest absolute Gasteiger partial charge is 0.320 e. The van der Waals surface area contributed by atoms with Gasteiger partial charge in [0.15, 0.2) is 0 Å². The highest BCUT2D eigenvalue weighted by Gasteiger charge is 2.11. The van der Waals surface area contributed by atoms with Crippen LogP contribution >= 0.6 is 0 Å². The van der Waals surface area contributed by atoms with Gasteiger partial charge in [-0.2, -0.15) is 0 Å². The lowest BCUT2D eigenvalue weighted by atomic mass is 10.1. The summed E-state index contributed by atoms with van der Waals surface area (Å²) in [6.45, 7) is 0.456. The Kier molecular flexibility index (Phi) is 5.38. The molecule has 0 aliphatic carbocycles. The molecule has 0 amide bonds. The van der Waals surface area contributed by atoms with Crippen LogP contribution in [0, 0.1) is 0 Å². The van der Waals surface area contributed by atoms with Gasteiger partial charge in [-0.15, -0.1) is 0 Å². The number of carboxylic acids is 1. The number of benzene rings is 2. The number of ether oxygens (including phenoxy) is 2. The lowest BCUT2D eigenvalue weighted by Crippen LogP contribution is -2.32. The largest absolute Gasteiger partial charge is 0.497 e. The Morgan fingerprint density at radius 1 is 1.05 bits per heavy atom. The monoisotopic (exact) mass is 301 g/mol. The molecular formula is C17H19NO4. The van der Waals surface area contributed by atoms with Crippen molar-refractivity contribution in [3.63, 3.8) is 0 Å². The van der Waals surface area contributed by atoms with Crippen molar-refractivity contribution in [3.05, 3.63) is 59.7 Å². The third-order valence-corrected chi connectivity index (χ3v) is 3.26. The summed E-state index contributed by atoms with van der Waals surface area (Å²) >= 11 is 0. The maximum Gasteiger partial charge on any atom is 0.320 e. The number of hydrogen-bond acceptors (Lipinski definition) is 4. The Balaban J connectivity index is 1.89. The van der Waals surface area contributed by atoms with Crippen LogP contribution in [0.1, 0.15) is 11.1 Å². The van der Waals surface area contributed by atoms with Gasteiger partial charge in [-0.25, -0.2) is 0 Å². The van der Waals surface area contributed by atoms with E-state index in [-0.39, 0.29) is 0 Å². The van der Waals surface area contributed by atoms with Crippen molar-refractivity contribution in [1.82, 2.24) is 0 Å². The molecule has 0 bridgehead atoms. The molecule has 0 aromatic heterocycles. The van der Waals surface area contributed by atoms with Crippen LogP contribution in [0.15, 0.2) is 48.5 Å². The van der Waals surface area contributed by atoms with Crippen LogP contribution in [0.5, 0.6) is 11.5 Å². The van der Waals surface area contributed by atoms with E-state index < -0.39 is 12.0 Å². The van der Waals surface area contributed by atoms with Crippen LogP contribution in [-0.2, 0) is 17.8 Å². The van der Waals surface area contributed by atoms with Crippen LogP contribution < -0.4 is 15.2 Å². The minimum Gasteiger partial charge on any atom is -0.497 e. The molecule has 0 spiro atoms. The summed E-state index contributed by atoms with van der Waals surface area (Å²) < 4.78 is 10.8. The maximum absolute atomic E-state index is 10.7. The summed E-state index contributed by atoms with van der Waals surface area (Å²) in [4.78, 5) is 10.7. The van der Waals surface area contributed by atoms with Gasteiger partial charge < -0.3 is 20.3 Å². The van der Waals surface area contributed by atoms with Crippen LogP contribution in [0.2, 0.25) is 0 Å². The normalized spacial score (nSPS) is 11.7. The summed E-state index contributed by atoms with van der Waals surface area (Å²) in [6, 6.07) is 14.0. The summed E-state index contributed by atoms with van der Waals surface area (Å²) in [5.74, 6) is 0.533. The number of methoxy groups -OCH3 is 1. The molecule has 1 atom stereocenters. The number of carboxylic acid groups (broad SMARTS) is 1. The number of aliphatic carboxylic acids is 1. The Labute approximate surface area is 129 Å². The van der Waals surface area contributed by atoms with Crippen molar-refractivity contribution in [2.75, 3.05) is 7.11 Å². The molecular weight excluding hydrogens is 282 g/mol. The zero-order chi connectivity index (χ0) is 15.9. The quantitative estimate of drug-likeness (QED) is 0.819. The van der Waals surface area contributed by atoms with Crippen LogP contribution in [0.4, 0.5) is 0 Å². The molecule has 0 fully saturated rings. The van der Waals surface area contributed by atoms with E-state index in [1.807, 2.05) is 48.5 Å².